The second kappa shape index (κ2) is 13.8. The zero-order valence-electron chi connectivity index (χ0n) is 23.4. The van der Waals surface area contributed by atoms with Crippen molar-refractivity contribution in [1.82, 2.24) is 0 Å². The summed E-state index contributed by atoms with van der Waals surface area (Å²) in [6, 6.07) is 20.9. The molecule has 0 aromatic heterocycles. The molecule has 3 aromatic rings. The summed E-state index contributed by atoms with van der Waals surface area (Å²) in [5.74, 6) is 0. The van der Waals surface area contributed by atoms with E-state index in [0.29, 0.717) is 0 Å². The standard InChI is InChI=1S/C23H29.C5H8.C5H5.2ClH.Hf/c1-14-9-16-11-17-10-15(2)21(23(6,7)8)13-19(17)18(16)12-20(14)22(3,4)5;2*1-2-4-5-3-1;;;/h9,12-13H,11H2,1-8H3;1-4H2;1-5H;2*1H;/q-1;;-1;;;+2/p-2. The number of fused-ring (bicyclic) bond motifs is 3. The average molecular weight is 688 g/mol. The summed E-state index contributed by atoms with van der Waals surface area (Å²) in [6.45, 7) is 18.2. The van der Waals surface area contributed by atoms with Gasteiger partial charge < -0.3 is 24.8 Å². The molecule has 0 bridgehead atoms. The van der Waals surface area contributed by atoms with Crippen molar-refractivity contribution in [3.63, 3.8) is 0 Å². The van der Waals surface area contributed by atoms with Crippen LogP contribution in [0.15, 0.2) is 48.5 Å². The summed E-state index contributed by atoms with van der Waals surface area (Å²) in [7, 11) is 0. The van der Waals surface area contributed by atoms with Crippen molar-refractivity contribution < 1.29 is 48.7 Å². The third-order valence-electron chi connectivity index (χ3n) is 6.84. The number of halogens is 2. The van der Waals surface area contributed by atoms with Crippen LogP contribution < -0.4 is 24.8 Å². The summed E-state index contributed by atoms with van der Waals surface area (Å²) in [4.78, 5) is 0. The Bertz CT molecular complexity index is 1030. The van der Waals surface area contributed by atoms with E-state index < -0.39 is 0 Å². The molecule has 2 aliphatic carbocycles. The van der Waals surface area contributed by atoms with E-state index in [-0.39, 0.29) is 35.6 Å². The molecule has 3 aromatic carbocycles. The van der Waals surface area contributed by atoms with Gasteiger partial charge >= 0.3 is 52.8 Å². The van der Waals surface area contributed by atoms with Crippen LogP contribution in [0.3, 0.4) is 0 Å². The molecule has 0 saturated heterocycles. The Kier molecular flexibility index (Phi) is 12.7. The first-order chi connectivity index (χ1) is 15.9. The first-order valence-corrected chi connectivity index (χ1v) is 14.6. The summed E-state index contributed by atoms with van der Waals surface area (Å²) in [5.41, 5.74) is 11.6. The molecule has 0 heterocycles. The molecule has 3 heteroatoms. The van der Waals surface area contributed by atoms with Crippen molar-refractivity contribution in [2.24, 2.45) is 0 Å². The minimum atomic E-state index is 0. The maximum absolute atomic E-state index is 3.69. The zero-order chi connectivity index (χ0) is 25.1. The Morgan fingerprint density at radius 3 is 1.72 bits per heavy atom. The Balaban J connectivity index is 0.000000411. The van der Waals surface area contributed by atoms with Gasteiger partial charge in [0.05, 0.1) is 0 Å². The molecule has 2 aliphatic rings. The van der Waals surface area contributed by atoms with Gasteiger partial charge in [0.15, 0.2) is 0 Å². The van der Waals surface area contributed by atoms with Crippen LogP contribution in [-0.2, 0) is 41.1 Å². The van der Waals surface area contributed by atoms with Crippen molar-refractivity contribution in [1.29, 1.82) is 0 Å². The van der Waals surface area contributed by atoms with E-state index in [0.717, 1.165) is 6.42 Å². The average Bonchev–Trinajstić information content (AvgIpc) is 3.48. The zero-order valence-corrected chi connectivity index (χ0v) is 28.5. The van der Waals surface area contributed by atoms with E-state index in [1.807, 2.05) is 33.6 Å². The Morgan fingerprint density at radius 1 is 0.778 bits per heavy atom. The van der Waals surface area contributed by atoms with Gasteiger partial charge in [-0.05, 0) is 35.4 Å². The van der Waals surface area contributed by atoms with Crippen molar-refractivity contribution in [2.45, 2.75) is 98.3 Å². The summed E-state index contributed by atoms with van der Waals surface area (Å²) < 4.78 is 1.84. The molecule has 36 heavy (non-hydrogen) atoms. The molecule has 1 saturated carbocycles. The quantitative estimate of drug-likeness (QED) is 0.197. The topological polar surface area (TPSA) is 0 Å². The Morgan fingerprint density at radius 2 is 1.31 bits per heavy atom. The van der Waals surface area contributed by atoms with Crippen molar-refractivity contribution in [3.8, 4) is 11.1 Å². The number of aryl methyl sites for hydroxylation is 2. The van der Waals surface area contributed by atoms with Gasteiger partial charge in [0, 0.05) is 0 Å². The van der Waals surface area contributed by atoms with Crippen LogP contribution in [0.2, 0.25) is 0 Å². The van der Waals surface area contributed by atoms with Gasteiger partial charge in [-0.25, -0.2) is 12.1 Å². The smallest absolute Gasteiger partial charge is 0.172 e. The van der Waals surface area contributed by atoms with Crippen molar-refractivity contribution in [3.05, 3.63) is 88.0 Å². The minimum absolute atomic E-state index is 0. The molecule has 0 amide bonds. The molecule has 0 N–H and O–H groups in total. The normalized spacial score (nSPS) is 13.8. The molecule has 0 aliphatic heterocycles. The van der Waals surface area contributed by atoms with E-state index >= 15 is 0 Å². The van der Waals surface area contributed by atoms with Crippen LogP contribution in [0.4, 0.5) is 0 Å². The summed E-state index contributed by atoms with van der Waals surface area (Å²) in [5, 5.41) is 0. The molecular formula is C33H42Cl2Hf-2. The van der Waals surface area contributed by atoms with Crippen LogP contribution in [0.5, 0.6) is 0 Å². The van der Waals surface area contributed by atoms with E-state index in [2.05, 4.69) is 79.7 Å². The molecule has 5 rings (SSSR count). The van der Waals surface area contributed by atoms with Crippen molar-refractivity contribution >= 4 is 3.26 Å². The van der Waals surface area contributed by atoms with Crippen LogP contribution in [-0.4, -0.2) is 3.26 Å². The third-order valence-corrected chi connectivity index (χ3v) is 8.64. The van der Waals surface area contributed by atoms with E-state index in [1.165, 1.54) is 94.1 Å². The fourth-order valence-electron chi connectivity index (χ4n) is 5.15. The minimum Gasteiger partial charge on any atom is -0.214 e. The molecule has 0 nitrogen and oxygen atoms in total. The van der Waals surface area contributed by atoms with E-state index in [4.69, 9.17) is 0 Å². The Hall–Kier alpha value is -0.890. The van der Waals surface area contributed by atoms with Crippen LogP contribution >= 0.6 is 0 Å². The first-order valence-electron chi connectivity index (χ1n) is 12.8. The second-order valence-corrected chi connectivity index (χ2v) is 14.5. The predicted octanol–water partition coefficient (Wildman–Crippen LogP) is 2.96. The fraction of sp³-hybridized carbons (Fsp3) is 0.455. The van der Waals surface area contributed by atoms with Gasteiger partial charge in [-0.2, -0.15) is 35.9 Å². The van der Waals surface area contributed by atoms with E-state index in [1.54, 1.807) is 0 Å². The largest absolute Gasteiger partial charge is 0.214 e. The van der Waals surface area contributed by atoms with Gasteiger partial charge in [-0.1, -0.05) is 71.6 Å². The van der Waals surface area contributed by atoms with E-state index in [9.17, 15) is 0 Å². The summed E-state index contributed by atoms with van der Waals surface area (Å²) in [6.07, 6.45) is 6.93. The van der Waals surface area contributed by atoms with Gasteiger partial charge in [0.2, 0.25) is 0 Å². The maximum atomic E-state index is 3.69. The van der Waals surface area contributed by atoms with Crippen LogP contribution in [0.1, 0.15) is 101 Å². The molecule has 0 atom stereocenters. The second-order valence-electron chi connectivity index (χ2n) is 12.0. The number of hydrogen-bond acceptors (Lipinski definition) is 0. The number of hydrogen-bond donors (Lipinski definition) is 0. The van der Waals surface area contributed by atoms with Crippen LogP contribution in [0, 0.1) is 19.9 Å². The Labute approximate surface area is 247 Å². The number of benzene rings is 2. The number of rotatable bonds is 0. The molecule has 1 fully saturated rings. The van der Waals surface area contributed by atoms with Gasteiger partial charge in [-0.15, -0.1) is 16.7 Å². The summed E-state index contributed by atoms with van der Waals surface area (Å²) >= 11 is 1.37. The first kappa shape index (κ1) is 33.1. The molecular weight excluding hydrogens is 646 g/mol. The van der Waals surface area contributed by atoms with Crippen LogP contribution in [0.25, 0.3) is 11.1 Å². The van der Waals surface area contributed by atoms with Gasteiger partial charge in [-0.3, -0.25) is 0 Å². The molecule has 0 unspecified atom stereocenters. The van der Waals surface area contributed by atoms with Gasteiger partial charge in [0.25, 0.3) is 0 Å². The molecule has 0 spiro atoms. The predicted molar refractivity (Wildman–Crippen MR) is 146 cm³/mol. The molecule has 194 valence electrons. The molecule has 0 radical (unpaired) electrons. The monoisotopic (exact) mass is 688 g/mol. The maximum Gasteiger partial charge on any atom is -0.172 e. The SMILES string of the molecule is Cc1[c-]c2c(cc1C(C)(C)C)-c1cc(C(C)(C)C)c(C)cc1C2.[Cl-].[Cl-].[Hf+2]=[C]1CCCC1.c1cc[cH-]c1. The third kappa shape index (κ3) is 8.57. The van der Waals surface area contributed by atoms with Gasteiger partial charge in [0.1, 0.15) is 0 Å². The fourth-order valence-corrected chi connectivity index (χ4v) is 6.42. The van der Waals surface area contributed by atoms with Crippen molar-refractivity contribution in [2.75, 3.05) is 0 Å².